The predicted molar refractivity (Wildman–Crippen MR) is 78.7 cm³/mol. The fourth-order valence-electron chi connectivity index (χ4n) is 1.80. The average molecular weight is 373 g/mol. The molecule has 0 aromatic heterocycles. The van der Waals surface area contributed by atoms with Gasteiger partial charge in [0, 0.05) is 5.56 Å². The number of halogens is 3. The number of carbonyl (C=O) groups is 2. The van der Waals surface area contributed by atoms with Gasteiger partial charge in [-0.05, 0) is 36.4 Å². The fourth-order valence-corrected chi connectivity index (χ4v) is 2.34. The lowest BCUT2D eigenvalue weighted by Crippen LogP contribution is -2.17. The van der Waals surface area contributed by atoms with Gasteiger partial charge in [0.05, 0.1) is 10.5 Å². The highest BCUT2D eigenvalue weighted by molar-refractivity contribution is 7.89. The minimum Gasteiger partial charge on any atom is -0.454 e. The van der Waals surface area contributed by atoms with Gasteiger partial charge in [0.15, 0.2) is 24.0 Å². The van der Waals surface area contributed by atoms with Gasteiger partial charge in [0.2, 0.25) is 10.0 Å². The van der Waals surface area contributed by atoms with Gasteiger partial charge < -0.3 is 4.74 Å². The Balaban J connectivity index is 2.14. The smallest absolute Gasteiger partial charge is 0.341 e. The number of esters is 1. The van der Waals surface area contributed by atoms with E-state index >= 15 is 0 Å². The number of sulfonamides is 1. The number of primary sulfonamides is 1. The van der Waals surface area contributed by atoms with Crippen LogP contribution in [0, 0.1) is 17.5 Å². The van der Waals surface area contributed by atoms with E-state index in [0.29, 0.717) is 18.2 Å². The Morgan fingerprint density at radius 3 is 2.20 bits per heavy atom. The normalized spacial score (nSPS) is 11.2. The number of rotatable bonds is 5. The molecule has 0 radical (unpaired) electrons. The van der Waals surface area contributed by atoms with E-state index in [-0.39, 0.29) is 5.56 Å². The van der Waals surface area contributed by atoms with Crippen LogP contribution in [0.15, 0.2) is 41.3 Å². The standard InChI is InChI=1S/C15H10F3NO5S/c16-11-4-2-9(25(19,22)23)6-10(11)15(21)24-7-14(20)8-1-3-12(17)13(18)5-8/h1-6H,7H2,(H2,19,22,23). The number of carbonyl (C=O) groups excluding carboxylic acids is 2. The van der Waals surface area contributed by atoms with Crippen LogP contribution < -0.4 is 5.14 Å². The third kappa shape index (κ3) is 4.43. The predicted octanol–water partition coefficient (Wildman–Crippen LogP) is 1.79. The maximum atomic E-state index is 13.6. The molecule has 0 aliphatic heterocycles. The van der Waals surface area contributed by atoms with Crippen LogP contribution in [0.25, 0.3) is 0 Å². The molecule has 25 heavy (non-hydrogen) atoms. The molecule has 0 aliphatic carbocycles. The van der Waals surface area contributed by atoms with Crippen molar-refractivity contribution in [1.29, 1.82) is 0 Å². The summed E-state index contributed by atoms with van der Waals surface area (Å²) in [6.45, 7) is -0.886. The lowest BCUT2D eigenvalue weighted by atomic mass is 10.1. The number of hydrogen-bond acceptors (Lipinski definition) is 5. The van der Waals surface area contributed by atoms with Crippen LogP contribution in [0.1, 0.15) is 20.7 Å². The molecule has 0 atom stereocenters. The van der Waals surface area contributed by atoms with Gasteiger partial charge in [0.25, 0.3) is 0 Å². The van der Waals surface area contributed by atoms with E-state index in [0.717, 1.165) is 18.2 Å². The molecule has 0 unspecified atom stereocenters. The van der Waals surface area contributed by atoms with Crippen molar-refractivity contribution in [2.75, 3.05) is 6.61 Å². The summed E-state index contributed by atoms with van der Waals surface area (Å²) >= 11 is 0. The molecule has 132 valence electrons. The maximum absolute atomic E-state index is 13.6. The summed E-state index contributed by atoms with van der Waals surface area (Å²) in [6.07, 6.45) is 0. The van der Waals surface area contributed by atoms with Crippen LogP contribution in [0.4, 0.5) is 13.2 Å². The Kier molecular flexibility index (Phi) is 5.24. The van der Waals surface area contributed by atoms with Crippen LogP contribution in [0.5, 0.6) is 0 Å². The van der Waals surface area contributed by atoms with E-state index in [1.54, 1.807) is 0 Å². The van der Waals surface area contributed by atoms with Gasteiger partial charge in [-0.25, -0.2) is 31.5 Å². The van der Waals surface area contributed by atoms with Crippen molar-refractivity contribution in [1.82, 2.24) is 0 Å². The van der Waals surface area contributed by atoms with Crippen molar-refractivity contribution in [2.24, 2.45) is 5.14 Å². The second kappa shape index (κ2) is 7.03. The highest BCUT2D eigenvalue weighted by Gasteiger charge is 2.19. The van der Waals surface area contributed by atoms with Gasteiger partial charge in [-0.2, -0.15) is 0 Å². The molecule has 0 spiro atoms. The first kappa shape index (κ1) is 18.6. The molecule has 0 aliphatic rings. The monoisotopic (exact) mass is 373 g/mol. The summed E-state index contributed by atoms with van der Waals surface area (Å²) in [5, 5.41) is 4.88. The van der Waals surface area contributed by atoms with Crippen LogP contribution in [-0.4, -0.2) is 26.8 Å². The molecule has 0 amide bonds. The van der Waals surface area contributed by atoms with Gasteiger partial charge in [-0.15, -0.1) is 0 Å². The molecule has 2 aromatic rings. The molecule has 10 heteroatoms. The quantitative estimate of drug-likeness (QED) is 0.636. The van der Waals surface area contributed by atoms with Crippen molar-refractivity contribution < 1.29 is 35.9 Å². The summed E-state index contributed by atoms with van der Waals surface area (Å²) in [4.78, 5) is 23.1. The highest BCUT2D eigenvalue weighted by Crippen LogP contribution is 2.16. The maximum Gasteiger partial charge on any atom is 0.341 e. The molecule has 0 saturated heterocycles. The largest absolute Gasteiger partial charge is 0.454 e. The van der Waals surface area contributed by atoms with Gasteiger partial charge in [-0.1, -0.05) is 0 Å². The van der Waals surface area contributed by atoms with Crippen LogP contribution in [0.3, 0.4) is 0 Å². The number of ether oxygens (including phenoxy) is 1. The van der Waals surface area contributed by atoms with E-state index in [2.05, 4.69) is 4.74 Å². The van der Waals surface area contributed by atoms with Gasteiger partial charge in [-0.3, -0.25) is 4.79 Å². The second-order valence-corrected chi connectivity index (χ2v) is 6.38. The third-order valence-corrected chi connectivity index (χ3v) is 3.97. The molecule has 0 saturated carbocycles. The summed E-state index contributed by atoms with van der Waals surface area (Å²) in [7, 11) is -4.18. The molecule has 6 nitrogen and oxygen atoms in total. The molecule has 2 rings (SSSR count). The summed E-state index contributed by atoms with van der Waals surface area (Å²) in [5.41, 5.74) is -1.00. The lowest BCUT2D eigenvalue weighted by Gasteiger charge is -2.07. The molecule has 2 aromatic carbocycles. The van der Waals surface area contributed by atoms with E-state index in [1.807, 2.05) is 0 Å². The van der Waals surface area contributed by atoms with Crippen molar-refractivity contribution in [3.63, 3.8) is 0 Å². The first-order valence-corrected chi connectivity index (χ1v) is 8.12. The summed E-state index contributed by atoms with van der Waals surface area (Å²) in [5.74, 6) is -5.69. The van der Waals surface area contributed by atoms with Crippen molar-refractivity contribution in [3.05, 3.63) is 65.0 Å². The zero-order valence-corrected chi connectivity index (χ0v) is 13.1. The second-order valence-electron chi connectivity index (χ2n) is 4.81. The molecule has 2 N–H and O–H groups in total. The van der Waals surface area contributed by atoms with E-state index in [4.69, 9.17) is 5.14 Å². The SMILES string of the molecule is NS(=O)(=O)c1ccc(F)c(C(=O)OCC(=O)c2ccc(F)c(F)c2)c1. The van der Waals surface area contributed by atoms with Crippen LogP contribution in [0.2, 0.25) is 0 Å². The molecular weight excluding hydrogens is 363 g/mol. The zero-order chi connectivity index (χ0) is 18.8. The lowest BCUT2D eigenvalue weighted by molar-refractivity contribution is 0.0469. The number of benzene rings is 2. The number of ketones is 1. The zero-order valence-electron chi connectivity index (χ0n) is 12.3. The van der Waals surface area contributed by atoms with Crippen LogP contribution >= 0.6 is 0 Å². The first-order valence-electron chi connectivity index (χ1n) is 6.57. The Morgan fingerprint density at radius 1 is 0.960 bits per heavy atom. The van der Waals surface area contributed by atoms with E-state index in [9.17, 15) is 31.2 Å². The van der Waals surface area contributed by atoms with Gasteiger partial charge >= 0.3 is 5.97 Å². The molecule has 0 fully saturated rings. The third-order valence-electron chi connectivity index (χ3n) is 3.06. The Bertz CT molecular complexity index is 960. The van der Waals surface area contributed by atoms with E-state index < -0.39 is 56.3 Å². The Labute approximate surface area is 140 Å². The van der Waals surface area contributed by atoms with Crippen molar-refractivity contribution in [3.8, 4) is 0 Å². The topological polar surface area (TPSA) is 104 Å². The van der Waals surface area contributed by atoms with Crippen LogP contribution in [-0.2, 0) is 14.8 Å². The molecular formula is C15H10F3NO5S. The number of nitrogens with two attached hydrogens (primary N) is 1. The Morgan fingerprint density at radius 2 is 1.60 bits per heavy atom. The minimum atomic E-state index is -4.18. The Hall–Kier alpha value is -2.72. The summed E-state index contributed by atoms with van der Waals surface area (Å²) < 4.78 is 66.5. The highest BCUT2D eigenvalue weighted by atomic mass is 32.2. The first-order chi connectivity index (χ1) is 11.6. The molecule has 0 bridgehead atoms. The number of Topliss-reactive ketones (excluding diaryl/α,β-unsaturated/α-hetero) is 1. The minimum absolute atomic E-state index is 0.259. The summed E-state index contributed by atoms with van der Waals surface area (Å²) in [6, 6.07) is 4.54. The van der Waals surface area contributed by atoms with Crippen molar-refractivity contribution >= 4 is 21.8 Å². The average Bonchev–Trinajstić information content (AvgIpc) is 2.54. The number of hydrogen-bond donors (Lipinski definition) is 1. The van der Waals surface area contributed by atoms with E-state index in [1.165, 1.54) is 0 Å². The van der Waals surface area contributed by atoms with Gasteiger partial charge in [0.1, 0.15) is 5.82 Å². The molecule has 0 heterocycles. The fraction of sp³-hybridized carbons (Fsp3) is 0.0667. The van der Waals surface area contributed by atoms with Crippen molar-refractivity contribution in [2.45, 2.75) is 4.90 Å².